The Hall–Kier alpha value is -2.40. The Bertz CT molecular complexity index is 863. The highest BCUT2D eigenvalue weighted by Crippen LogP contribution is 2.38. The number of carbonyl (C=O) groups excluding carboxylic acids is 1. The minimum absolute atomic E-state index is 0.00614. The van der Waals surface area contributed by atoms with Gasteiger partial charge in [0, 0.05) is 18.3 Å². The molecule has 1 aliphatic rings. The first-order valence-corrected chi connectivity index (χ1v) is 9.13. The molecular weight excluding hydrogens is 330 g/mol. The first-order valence-electron chi connectivity index (χ1n) is 8.25. The van der Waals surface area contributed by atoms with Crippen molar-refractivity contribution in [3.05, 3.63) is 57.3 Å². The molecule has 4 nitrogen and oxygen atoms in total. The van der Waals surface area contributed by atoms with E-state index in [0.29, 0.717) is 4.88 Å². The molecule has 0 spiro atoms. The third-order valence-corrected chi connectivity index (χ3v) is 5.59. The first kappa shape index (κ1) is 17.4. The molecule has 0 fully saturated rings. The lowest BCUT2D eigenvalue weighted by molar-refractivity contribution is 0.0959. The van der Waals surface area contributed by atoms with E-state index in [4.69, 9.17) is 0 Å². The molecule has 2 heterocycles. The minimum atomic E-state index is -0.181. The lowest BCUT2D eigenvalue weighted by Crippen LogP contribution is -2.42. The zero-order chi connectivity index (χ0) is 18.2. The number of nitrogens with zero attached hydrogens (tertiary/aromatic N) is 2. The quantitative estimate of drug-likeness (QED) is 0.654. The molecule has 1 amide bonds. The van der Waals surface area contributed by atoms with E-state index < -0.39 is 0 Å². The van der Waals surface area contributed by atoms with Crippen molar-refractivity contribution in [2.24, 2.45) is 5.10 Å². The van der Waals surface area contributed by atoms with E-state index in [-0.39, 0.29) is 11.4 Å². The number of hydrogen-bond donors (Lipinski definition) is 1. The molecule has 5 heteroatoms. The Kier molecular flexibility index (Phi) is 4.52. The molecule has 0 unspecified atom stereocenters. The van der Waals surface area contributed by atoms with Gasteiger partial charge in [-0.05, 0) is 68.0 Å². The first-order chi connectivity index (χ1) is 11.8. The number of anilines is 1. The summed E-state index contributed by atoms with van der Waals surface area (Å²) in [4.78, 5) is 14.9. The highest BCUT2D eigenvalue weighted by Gasteiger charge is 2.28. The molecule has 1 aliphatic heterocycles. The van der Waals surface area contributed by atoms with Crippen molar-refractivity contribution in [1.82, 2.24) is 5.43 Å². The van der Waals surface area contributed by atoms with E-state index >= 15 is 0 Å². The number of carbonyl (C=O) groups is 1. The van der Waals surface area contributed by atoms with Gasteiger partial charge in [-0.25, -0.2) is 5.43 Å². The topological polar surface area (TPSA) is 44.7 Å². The SMILES string of the molecule is CC1=CC(C)(C)N(C)c2cc(C)c(/C=N\NC(=O)c3cccs3)cc21. The van der Waals surface area contributed by atoms with Crippen LogP contribution in [0.25, 0.3) is 5.57 Å². The molecule has 1 N–H and O–H groups in total. The van der Waals surface area contributed by atoms with Crippen LogP contribution >= 0.6 is 11.3 Å². The smallest absolute Gasteiger partial charge is 0.281 e. The van der Waals surface area contributed by atoms with Gasteiger partial charge in [0.15, 0.2) is 0 Å². The van der Waals surface area contributed by atoms with E-state index in [0.717, 1.165) is 11.1 Å². The van der Waals surface area contributed by atoms with Gasteiger partial charge in [0.2, 0.25) is 0 Å². The van der Waals surface area contributed by atoms with Gasteiger partial charge in [-0.3, -0.25) is 4.79 Å². The monoisotopic (exact) mass is 353 g/mol. The van der Waals surface area contributed by atoms with Gasteiger partial charge in [-0.1, -0.05) is 12.1 Å². The van der Waals surface area contributed by atoms with Gasteiger partial charge in [0.05, 0.1) is 16.6 Å². The molecule has 130 valence electrons. The second kappa shape index (κ2) is 6.48. The van der Waals surface area contributed by atoms with Crippen molar-refractivity contribution in [1.29, 1.82) is 0 Å². The van der Waals surface area contributed by atoms with Crippen LogP contribution < -0.4 is 10.3 Å². The van der Waals surface area contributed by atoms with Crippen LogP contribution in [0.4, 0.5) is 5.69 Å². The van der Waals surface area contributed by atoms with Crippen molar-refractivity contribution in [2.75, 3.05) is 11.9 Å². The fourth-order valence-corrected chi connectivity index (χ4v) is 3.69. The van der Waals surface area contributed by atoms with Crippen LogP contribution in [-0.4, -0.2) is 24.7 Å². The molecule has 0 saturated carbocycles. The Morgan fingerprint density at radius 3 is 2.76 bits per heavy atom. The van der Waals surface area contributed by atoms with Crippen LogP contribution in [0, 0.1) is 6.92 Å². The van der Waals surface area contributed by atoms with Gasteiger partial charge in [0.1, 0.15) is 0 Å². The van der Waals surface area contributed by atoms with Crippen molar-refractivity contribution < 1.29 is 4.79 Å². The second-order valence-corrected chi connectivity index (χ2v) is 7.89. The number of allylic oxidation sites excluding steroid dienone is 1. The van der Waals surface area contributed by atoms with Crippen LogP contribution in [-0.2, 0) is 0 Å². The lowest BCUT2D eigenvalue weighted by atomic mass is 9.87. The summed E-state index contributed by atoms with van der Waals surface area (Å²) in [6, 6.07) is 7.97. The number of fused-ring (bicyclic) bond motifs is 1. The summed E-state index contributed by atoms with van der Waals surface area (Å²) in [5, 5.41) is 6.00. The predicted octanol–water partition coefficient (Wildman–Crippen LogP) is 4.45. The summed E-state index contributed by atoms with van der Waals surface area (Å²) in [5.41, 5.74) is 8.41. The Labute approximate surface area is 152 Å². The highest BCUT2D eigenvalue weighted by molar-refractivity contribution is 7.12. The fourth-order valence-electron chi connectivity index (χ4n) is 3.08. The molecule has 0 saturated heterocycles. The highest BCUT2D eigenvalue weighted by atomic mass is 32.1. The van der Waals surface area contributed by atoms with Gasteiger partial charge in [0.25, 0.3) is 5.91 Å². The number of nitrogens with one attached hydrogen (secondary N) is 1. The predicted molar refractivity (Wildman–Crippen MR) is 107 cm³/mol. The van der Waals surface area contributed by atoms with E-state index in [1.54, 1.807) is 12.3 Å². The maximum atomic E-state index is 11.9. The molecule has 0 atom stereocenters. The summed E-state index contributed by atoms with van der Waals surface area (Å²) in [5.74, 6) is -0.181. The third-order valence-electron chi connectivity index (χ3n) is 4.72. The van der Waals surface area contributed by atoms with Crippen molar-refractivity contribution in [3.8, 4) is 0 Å². The third kappa shape index (κ3) is 3.37. The van der Waals surface area contributed by atoms with Crippen molar-refractivity contribution >= 4 is 34.7 Å². The summed E-state index contributed by atoms with van der Waals surface area (Å²) in [6.45, 7) is 8.63. The summed E-state index contributed by atoms with van der Waals surface area (Å²) >= 11 is 1.40. The van der Waals surface area contributed by atoms with Gasteiger partial charge >= 0.3 is 0 Å². The summed E-state index contributed by atoms with van der Waals surface area (Å²) in [6.07, 6.45) is 4.00. The largest absolute Gasteiger partial charge is 0.365 e. The molecule has 0 aliphatic carbocycles. The van der Waals surface area contributed by atoms with Gasteiger partial charge in [-0.2, -0.15) is 5.10 Å². The van der Waals surface area contributed by atoms with E-state index in [2.05, 4.69) is 68.4 Å². The van der Waals surface area contributed by atoms with Crippen LogP contribution in [0.5, 0.6) is 0 Å². The van der Waals surface area contributed by atoms with E-state index in [1.165, 1.54) is 28.2 Å². The Morgan fingerprint density at radius 2 is 2.08 bits per heavy atom. The van der Waals surface area contributed by atoms with E-state index in [1.807, 2.05) is 11.4 Å². The number of hydrogen-bond acceptors (Lipinski definition) is 4. The van der Waals surface area contributed by atoms with Crippen LogP contribution in [0.2, 0.25) is 0 Å². The number of amides is 1. The van der Waals surface area contributed by atoms with Crippen molar-refractivity contribution in [3.63, 3.8) is 0 Å². The van der Waals surface area contributed by atoms with Gasteiger partial charge < -0.3 is 4.90 Å². The summed E-state index contributed by atoms with van der Waals surface area (Å²) < 4.78 is 0. The summed E-state index contributed by atoms with van der Waals surface area (Å²) in [7, 11) is 2.12. The molecule has 1 aromatic carbocycles. The molecular formula is C20H23N3OS. The van der Waals surface area contributed by atoms with Crippen LogP contribution in [0.15, 0.2) is 40.8 Å². The number of benzene rings is 1. The number of thiophene rings is 1. The van der Waals surface area contributed by atoms with Crippen LogP contribution in [0.3, 0.4) is 0 Å². The second-order valence-electron chi connectivity index (χ2n) is 6.94. The van der Waals surface area contributed by atoms with Gasteiger partial charge in [-0.15, -0.1) is 11.3 Å². The van der Waals surface area contributed by atoms with Crippen molar-refractivity contribution in [2.45, 2.75) is 33.2 Å². The number of aryl methyl sites for hydroxylation is 1. The molecule has 1 aromatic heterocycles. The normalized spacial score (nSPS) is 15.9. The maximum absolute atomic E-state index is 11.9. The Balaban J connectivity index is 1.86. The fraction of sp³-hybridized carbons (Fsp3) is 0.300. The standard InChI is InChI=1S/C20H23N3OS/c1-13-9-17-16(14(2)11-20(3,4)23(17)5)10-15(13)12-21-22-19(24)18-7-6-8-25-18/h6-12H,1-5H3,(H,22,24)/b21-12-. The maximum Gasteiger partial charge on any atom is 0.281 e. The van der Waals surface area contributed by atoms with Crippen LogP contribution in [0.1, 0.15) is 47.1 Å². The molecule has 3 rings (SSSR count). The zero-order valence-corrected chi connectivity index (χ0v) is 16.1. The number of rotatable bonds is 3. The Morgan fingerprint density at radius 1 is 1.32 bits per heavy atom. The molecule has 0 bridgehead atoms. The number of hydrazone groups is 1. The minimum Gasteiger partial charge on any atom is -0.365 e. The molecule has 25 heavy (non-hydrogen) atoms. The molecule has 0 radical (unpaired) electrons. The molecule has 2 aromatic rings. The number of likely N-dealkylation sites (N-methyl/N-ethyl adjacent to an activating group) is 1. The van der Waals surface area contributed by atoms with E-state index in [9.17, 15) is 4.79 Å². The lowest BCUT2D eigenvalue weighted by Gasteiger charge is -2.41. The average molecular weight is 353 g/mol. The zero-order valence-electron chi connectivity index (χ0n) is 15.3. The average Bonchev–Trinajstić information content (AvgIpc) is 3.08.